The van der Waals surface area contributed by atoms with Crippen LogP contribution in [0.3, 0.4) is 0 Å². The zero-order chi connectivity index (χ0) is 16.4. The highest BCUT2D eigenvalue weighted by Crippen LogP contribution is 2.31. The first-order valence-corrected chi connectivity index (χ1v) is 8.38. The standard InChI is InChI=1S/C16H9F4NS2/c17-9-4-5-14(13(20)6-9)22-7-10-8-23-16(21-10)15-11(18)2-1-3-12(15)19/h1-6,8H,7H2. The maximum atomic E-state index is 13.7. The van der Waals surface area contributed by atoms with Crippen molar-refractivity contribution in [3.8, 4) is 10.6 Å². The van der Waals surface area contributed by atoms with Gasteiger partial charge in [-0.1, -0.05) is 6.07 Å². The summed E-state index contributed by atoms with van der Waals surface area (Å²) in [6, 6.07) is 6.95. The maximum absolute atomic E-state index is 13.7. The maximum Gasteiger partial charge on any atom is 0.139 e. The van der Waals surface area contributed by atoms with Crippen molar-refractivity contribution >= 4 is 23.1 Å². The van der Waals surface area contributed by atoms with E-state index in [2.05, 4.69) is 4.98 Å². The molecule has 0 spiro atoms. The third-order valence-electron chi connectivity index (χ3n) is 3.00. The second-order valence-electron chi connectivity index (χ2n) is 4.60. The van der Waals surface area contributed by atoms with Gasteiger partial charge in [-0.2, -0.15) is 0 Å². The van der Waals surface area contributed by atoms with Crippen LogP contribution < -0.4 is 0 Å². The summed E-state index contributed by atoms with van der Waals surface area (Å²) < 4.78 is 53.8. The lowest BCUT2D eigenvalue weighted by molar-refractivity contribution is 0.565. The molecule has 0 bridgehead atoms. The molecule has 0 N–H and O–H groups in total. The molecule has 2 aromatic carbocycles. The van der Waals surface area contributed by atoms with Crippen LogP contribution in [0.4, 0.5) is 17.6 Å². The molecule has 7 heteroatoms. The molecule has 0 unspecified atom stereocenters. The summed E-state index contributed by atoms with van der Waals surface area (Å²) in [6.07, 6.45) is 0. The Labute approximate surface area is 138 Å². The largest absolute Gasteiger partial charge is 0.240 e. The van der Waals surface area contributed by atoms with Crippen LogP contribution in [0.25, 0.3) is 10.6 Å². The van der Waals surface area contributed by atoms with Crippen LogP contribution in [0.15, 0.2) is 46.7 Å². The summed E-state index contributed by atoms with van der Waals surface area (Å²) in [7, 11) is 0. The van der Waals surface area contributed by atoms with Crippen LogP contribution >= 0.6 is 23.1 Å². The van der Waals surface area contributed by atoms with Crippen molar-refractivity contribution in [1.82, 2.24) is 4.98 Å². The Hall–Kier alpha value is -1.86. The normalized spacial score (nSPS) is 11.0. The summed E-state index contributed by atoms with van der Waals surface area (Å²) in [5.41, 5.74) is 0.406. The van der Waals surface area contributed by atoms with Crippen LogP contribution in [0.1, 0.15) is 5.69 Å². The number of aromatic nitrogens is 1. The van der Waals surface area contributed by atoms with Crippen molar-refractivity contribution in [1.29, 1.82) is 0 Å². The summed E-state index contributed by atoms with van der Waals surface area (Å²) >= 11 is 2.26. The van der Waals surface area contributed by atoms with Gasteiger partial charge in [-0.05, 0) is 24.3 Å². The van der Waals surface area contributed by atoms with E-state index in [-0.39, 0.29) is 15.5 Å². The number of thioether (sulfide) groups is 1. The van der Waals surface area contributed by atoms with E-state index in [0.717, 1.165) is 29.2 Å². The molecule has 1 heterocycles. The van der Waals surface area contributed by atoms with Crippen molar-refractivity contribution in [3.05, 3.63) is 70.7 Å². The highest BCUT2D eigenvalue weighted by Gasteiger charge is 2.15. The van der Waals surface area contributed by atoms with Gasteiger partial charge in [-0.15, -0.1) is 23.1 Å². The molecule has 0 amide bonds. The van der Waals surface area contributed by atoms with Crippen molar-refractivity contribution in [3.63, 3.8) is 0 Å². The first kappa shape index (κ1) is 16.0. The number of benzene rings is 2. The summed E-state index contributed by atoms with van der Waals surface area (Å²) in [5.74, 6) is -2.33. The average molecular weight is 355 g/mol. The highest BCUT2D eigenvalue weighted by atomic mass is 32.2. The van der Waals surface area contributed by atoms with Gasteiger partial charge in [-0.3, -0.25) is 0 Å². The van der Waals surface area contributed by atoms with Gasteiger partial charge in [0.2, 0.25) is 0 Å². The minimum atomic E-state index is -0.678. The quantitative estimate of drug-likeness (QED) is 0.442. The molecular weight excluding hydrogens is 346 g/mol. The first-order chi connectivity index (χ1) is 11.0. The van der Waals surface area contributed by atoms with E-state index >= 15 is 0 Å². The fourth-order valence-electron chi connectivity index (χ4n) is 1.93. The first-order valence-electron chi connectivity index (χ1n) is 6.51. The monoisotopic (exact) mass is 355 g/mol. The predicted molar refractivity (Wildman–Crippen MR) is 83.4 cm³/mol. The molecule has 1 aromatic heterocycles. The minimum absolute atomic E-state index is 0.165. The fourth-order valence-corrected chi connectivity index (χ4v) is 3.72. The molecular formula is C16H9F4NS2. The molecule has 0 aliphatic rings. The van der Waals surface area contributed by atoms with E-state index in [1.807, 2.05) is 0 Å². The zero-order valence-corrected chi connectivity index (χ0v) is 13.2. The van der Waals surface area contributed by atoms with E-state index in [1.165, 1.54) is 30.3 Å². The molecule has 0 atom stereocenters. The van der Waals surface area contributed by atoms with Crippen LogP contribution in [0.2, 0.25) is 0 Å². The highest BCUT2D eigenvalue weighted by molar-refractivity contribution is 7.98. The van der Waals surface area contributed by atoms with Crippen molar-refractivity contribution < 1.29 is 17.6 Å². The molecule has 0 aliphatic carbocycles. The van der Waals surface area contributed by atoms with E-state index in [1.54, 1.807) is 5.38 Å². The van der Waals surface area contributed by atoms with E-state index in [0.29, 0.717) is 11.4 Å². The second-order valence-corrected chi connectivity index (χ2v) is 6.48. The number of nitrogens with zero attached hydrogens (tertiary/aromatic N) is 1. The Bertz CT molecular complexity index is 828. The number of hydrogen-bond acceptors (Lipinski definition) is 3. The summed E-state index contributed by atoms with van der Waals surface area (Å²) in [5, 5.41) is 1.89. The third-order valence-corrected chi connectivity index (χ3v) is 4.99. The van der Waals surface area contributed by atoms with Gasteiger partial charge in [0.05, 0.1) is 11.3 Å². The van der Waals surface area contributed by atoms with Crippen LogP contribution in [0, 0.1) is 23.3 Å². The van der Waals surface area contributed by atoms with Gasteiger partial charge >= 0.3 is 0 Å². The molecule has 0 aliphatic heterocycles. The molecule has 118 valence electrons. The summed E-state index contributed by atoms with van der Waals surface area (Å²) in [4.78, 5) is 4.48. The molecule has 23 heavy (non-hydrogen) atoms. The molecule has 0 fully saturated rings. The lowest BCUT2D eigenvalue weighted by Crippen LogP contribution is -1.90. The number of thiazole rings is 1. The van der Waals surface area contributed by atoms with Crippen molar-refractivity contribution in [2.45, 2.75) is 10.6 Å². The van der Waals surface area contributed by atoms with Crippen LogP contribution in [-0.4, -0.2) is 4.98 Å². The SMILES string of the molecule is Fc1ccc(SCc2csc(-c3c(F)cccc3F)n2)c(F)c1. The Kier molecular flexibility index (Phi) is 4.68. The molecule has 3 rings (SSSR count). The Balaban J connectivity index is 1.77. The van der Waals surface area contributed by atoms with Crippen LogP contribution in [0.5, 0.6) is 0 Å². The number of hydrogen-bond donors (Lipinski definition) is 0. The van der Waals surface area contributed by atoms with E-state index in [9.17, 15) is 17.6 Å². The van der Waals surface area contributed by atoms with Gasteiger partial charge < -0.3 is 0 Å². The van der Waals surface area contributed by atoms with Gasteiger partial charge in [-0.25, -0.2) is 22.5 Å². The van der Waals surface area contributed by atoms with Gasteiger partial charge in [0.1, 0.15) is 28.3 Å². The topological polar surface area (TPSA) is 12.9 Å². The van der Waals surface area contributed by atoms with Gasteiger partial charge in [0, 0.05) is 22.1 Å². The molecule has 0 saturated carbocycles. The smallest absolute Gasteiger partial charge is 0.139 e. The number of halogens is 4. The molecule has 0 saturated heterocycles. The van der Waals surface area contributed by atoms with Crippen LogP contribution in [-0.2, 0) is 5.75 Å². The zero-order valence-electron chi connectivity index (χ0n) is 11.5. The fraction of sp³-hybridized carbons (Fsp3) is 0.0625. The van der Waals surface area contributed by atoms with E-state index in [4.69, 9.17) is 0 Å². The Morgan fingerprint density at radius 2 is 1.70 bits per heavy atom. The Morgan fingerprint density at radius 3 is 2.39 bits per heavy atom. The summed E-state index contributed by atoms with van der Waals surface area (Å²) in [6.45, 7) is 0. The van der Waals surface area contributed by atoms with Crippen molar-refractivity contribution in [2.24, 2.45) is 0 Å². The Morgan fingerprint density at radius 1 is 0.957 bits per heavy atom. The minimum Gasteiger partial charge on any atom is -0.240 e. The molecule has 3 aromatic rings. The van der Waals surface area contributed by atoms with Gasteiger partial charge in [0.15, 0.2) is 0 Å². The average Bonchev–Trinajstić information content (AvgIpc) is 2.95. The van der Waals surface area contributed by atoms with Crippen molar-refractivity contribution in [2.75, 3.05) is 0 Å². The predicted octanol–water partition coefficient (Wildman–Crippen LogP) is 5.66. The second kappa shape index (κ2) is 6.72. The third kappa shape index (κ3) is 3.56. The number of rotatable bonds is 4. The van der Waals surface area contributed by atoms with E-state index < -0.39 is 23.3 Å². The molecule has 0 radical (unpaired) electrons. The van der Waals surface area contributed by atoms with Gasteiger partial charge in [0.25, 0.3) is 0 Å². The molecule has 1 nitrogen and oxygen atoms in total. The lowest BCUT2D eigenvalue weighted by atomic mass is 10.2. The lowest BCUT2D eigenvalue weighted by Gasteiger charge is -2.02.